The molecule has 0 heterocycles. The molecule has 0 unspecified atom stereocenters. The second kappa shape index (κ2) is 4.48. The number of hydrogen-bond acceptors (Lipinski definition) is 3. The summed E-state index contributed by atoms with van der Waals surface area (Å²) in [6.07, 6.45) is 0. The number of carboxylic acid groups (broad SMARTS) is 1. The Labute approximate surface area is 92.0 Å². The highest BCUT2D eigenvalue weighted by molar-refractivity contribution is 7.92. The SMILES string of the molecule is CCS(=O)(=O)Nc1c(F)cccc1C(=O)O. The van der Waals surface area contributed by atoms with Gasteiger partial charge in [0.1, 0.15) is 5.82 Å². The molecule has 0 saturated heterocycles. The van der Waals surface area contributed by atoms with Gasteiger partial charge in [0.05, 0.1) is 17.0 Å². The van der Waals surface area contributed by atoms with Crippen molar-refractivity contribution in [2.24, 2.45) is 0 Å². The average molecular weight is 247 g/mol. The number of benzene rings is 1. The maximum atomic E-state index is 13.3. The Kier molecular flexibility index (Phi) is 3.48. The number of anilines is 1. The molecule has 0 fully saturated rings. The molecule has 0 aromatic heterocycles. The minimum Gasteiger partial charge on any atom is -0.478 e. The van der Waals surface area contributed by atoms with Crippen molar-refractivity contribution in [2.75, 3.05) is 10.5 Å². The molecule has 2 N–H and O–H groups in total. The summed E-state index contributed by atoms with van der Waals surface area (Å²) in [6.45, 7) is 1.36. The van der Waals surface area contributed by atoms with E-state index in [9.17, 15) is 17.6 Å². The molecule has 1 aromatic rings. The lowest BCUT2D eigenvalue weighted by molar-refractivity contribution is 0.0697. The molecule has 0 aliphatic rings. The number of halogens is 1. The predicted octanol–water partition coefficient (Wildman–Crippen LogP) is 1.29. The van der Waals surface area contributed by atoms with Gasteiger partial charge >= 0.3 is 5.97 Å². The zero-order valence-corrected chi connectivity index (χ0v) is 9.21. The fourth-order valence-corrected chi connectivity index (χ4v) is 1.70. The molecule has 0 saturated carbocycles. The van der Waals surface area contributed by atoms with Gasteiger partial charge in [0, 0.05) is 0 Å². The quantitative estimate of drug-likeness (QED) is 0.839. The van der Waals surface area contributed by atoms with Crippen molar-refractivity contribution in [1.82, 2.24) is 0 Å². The topological polar surface area (TPSA) is 83.5 Å². The second-order valence-corrected chi connectivity index (χ2v) is 4.98. The van der Waals surface area contributed by atoms with E-state index in [0.29, 0.717) is 0 Å². The first-order chi connectivity index (χ1) is 7.37. The molecular weight excluding hydrogens is 237 g/mol. The first kappa shape index (κ1) is 12.4. The van der Waals surface area contributed by atoms with Crippen LogP contribution in [0.1, 0.15) is 17.3 Å². The summed E-state index contributed by atoms with van der Waals surface area (Å²) < 4.78 is 37.6. The highest BCUT2D eigenvalue weighted by Gasteiger charge is 2.18. The van der Waals surface area contributed by atoms with E-state index in [1.807, 2.05) is 4.72 Å². The number of rotatable bonds is 4. The third kappa shape index (κ3) is 2.69. The summed E-state index contributed by atoms with van der Waals surface area (Å²) in [5, 5.41) is 8.76. The van der Waals surface area contributed by atoms with Crippen molar-refractivity contribution in [3.8, 4) is 0 Å². The number of nitrogens with one attached hydrogen (secondary N) is 1. The Bertz CT molecular complexity index is 512. The summed E-state index contributed by atoms with van der Waals surface area (Å²) in [6, 6.07) is 3.31. The van der Waals surface area contributed by atoms with Crippen LogP contribution in [0.5, 0.6) is 0 Å². The number of hydrogen-bond donors (Lipinski definition) is 2. The summed E-state index contributed by atoms with van der Waals surface area (Å²) in [7, 11) is -3.70. The van der Waals surface area contributed by atoms with Crippen molar-refractivity contribution in [1.29, 1.82) is 0 Å². The van der Waals surface area contributed by atoms with Gasteiger partial charge in [-0.25, -0.2) is 17.6 Å². The molecule has 0 bridgehead atoms. The first-order valence-electron chi connectivity index (χ1n) is 4.39. The molecule has 0 atom stereocenters. The summed E-state index contributed by atoms with van der Waals surface area (Å²) in [4.78, 5) is 10.7. The van der Waals surface area contributed by atoms with E-state index in [0.717, 1.165) is 12.1 Å². The molecular formula is C9H10FNO4S. The predicted molar refractivity (Wildman–Crippen MR) is 56.4 cm³/mol. The highest BCUT2D eigenvalue weighted by atomic mass is 32.2. The lowest BCUT2D eigenvalue weighted by Gasteiger charge is -2.09. The number of carbonyl (C=O) groups is 1. The number of para-hydroxylation sites is 1. The highest BCUT2D eigenvalue weighted by Crippen LogP contribution is 2.21. The van der Waals surface area contributed by atoms with Crippen LogP contribution in [0.25, 0.3) is 0 Å². The van der Waals surface area contributed by atoms with E-state index in [-0.39, 0.29) is 5.75 Å². The van der Waals surface area contributed by atoms with Crippen molar-refractivity contribution in [2.45, 2.75) is 6.92 Å². The van der Waals surface area contributed by atoms with Crippen LogP contribution in [-0.2, 0) is 10.0 Å². The molecule has 5 nitrogen and oxygen atoms in total. The Morgan fingerprint density at radius 1 is 1.50 bits per heavy atom. The van der Waals surface area contributed by atoms with Gasteiger partial charge in [-0.3, -0.25) is 4.72 Å². The zero-order chi connectivity index (χ0) is 12.3. The number of aromatic carboxylic acids is 1. The van der Waals surface area contributed by atoms with E-state index in [4.69, 9.17) is 5.11 Å². The van der Waals surface area contributed by atoms with E-state index in [1.165, 1.54) is 13.0 Å². The molecule has 1 rings (SSSR count). The van der Waals surface area contributed by atoms with Crippen molar-refractivity contribution in [3.63, 3.8) is 0 Å². The number of carboxylic acids is 1. The Balaban J connectivity index is 3.27. The Hall–Kier alpha value is -1.63. The molecule has 16 heavy (non-hydrogen) atoms. The fraction of sp³-hybridized carbons (Fsp3) is 0.222. The van der Waals surface area contributed by atoms with Crippen molar-refractivity contribution < 1.29 is 22.7 Å². The molecule has 0 radical (unpaired) electrons. The molecule has 1 aromatic carbocycles. The maximum Gasteiger partial charge on any atom is 0.337 e. The van der Waals surface area contributed by atoms with E-state index in [2.05, 4.69) is 0 Å². The second-order valence-electron chi connectivity index (χ2n) is 2.97. The van der Waals surface area contributed by atoms with E-state index >= 15 is 0 Å². The largest absolute Gasteiger partial charge is 0.478 e. The van der Waals surface area contributed by atoms with Crippen LogP contribution in [0.2, 0.25) is 0 Å². The molecule has 0 aliphatic carbocycles. The maximum absolute atomic E-state index is 13.3. The molecule has 0 aliphatic heterocycles. The third-order valence-corrected chi connectivity index (χ3v) is 3.16. The van der Waals surface area contributed by atoms with Gasteiger partial charge in [0.15, 0.2) is 0 Å². The van der Waals surface area contributed by atoms with Gasteiger partial charge in [-0.2, -0.15) is 0 Å². The van der Waals surface area contributed by atoms with Crippen LogP contribution in [0.3, 0.4) is 0 Å². The third-order valence-electron chi connectivity index (χ3n) is 1.88. The van der Waals surface area contributed by atoms with Gasteiger partial charge in [-0.15, -0.1) is 0 Å². The van der Waals surface area contributed by atoms with Gasteiger partial charge in [-0.1, -0.05) is 6.07 Å². The van der Waals surface area contributed by atoms with Crippen LogP contribution in [-0.4, -0.2) is 25.2 Å². The molecule has 0 spiro atoms. The lowest BCUT2D eigenvalue weighted by atomic mass is 10.2. The minimum absolute atomic E-state index is 0.263. The van der Waals surface area contributed by atoms with E-state index < -0.39 is 33.1 Å². The lowest BCUT2D eigenvalue weighted by Crippen LogP contribution is -2.18. The average Bonchev–Trinajstić information content (AvgIpc) is 2.20. The molecule has 0 amide bonds. The summed E-state index contributed by atoms with van der Waals surface area (Å²) >= 11 is 0. The monoisotopic (exact) mass is 247 g/mol. The van der Waals surface area contributed by atoms with Gasteiger partial charge in [0.2, 0.25) is 10.0 Å². The zero-order valence-electron chi connectivity index (χ0n) is 8.40. The summed E-state index contributed by atoms with van der Waals surface area (Å²) in [5.41, 5.74) is -0.950. The summed E-state index contributed by atoms with van der Waals surface area (Å²) in [5.74, 6) is -2.58. The van der Waals surface area contributed by atoms with Crippen LogP contribution in [0.4, 0.5) is 10.1 Å². The normalized spacial score (nSPS) is 11.1. The first-order valence-corrected chi connectivity index (χ1v) is 6.05. The molecule has 7 heteroatoms. The Morgan fingerprint density at radius 2 is 2.12 bits per heavy atom. The van der Waals surface area contributed by atoms with Crippen LogP contribution >= 0.6 is 0 Å². The Morgan fingerprint density at radius 3 is 2.62 bits per heavy atom. The minimum atomic E-state index is -3.70. The van der Waals surface area contributed by atoms with Gasteiger partial charge in [0.25, 0.3) is 0 Å². The standard InChI is InChI=1S/C9H10FNO4S/c1-2-16(14,15)11-8-6(9(12)13)4-3-5-7(8)10/h3-5,11H,2H2,1H3,(H,12,13). The van der Waals surface area contributed by atoms with Crippen molar-refractivity contribution >= 4 is 21.7 Å². The van der Waals surface area contributed by atoms with Crippen molar-refractivity contribution in [3.05, 3.63) is 29.6 Å². The van der Waals surface area contributed by atoms with Crippen LogP contribution in [0.15, 0.2) is 18.2 Å². The fourth-order valence-electron chi connectivity index (χ4n) is 1.03. The van der Waals surface area contributed by atoms with Gasteiger partial charge in [-0.05, 0) is 19.1 Å². The van der Waals surface area contributed by atoms with E-state index in [1.54, 1.807) is 0 Å². The number of sulfonamides is 1. The van der Waals surface area contributed by atoms with Gasteiger partial charge < -0.3 is 5.11 Å². The van der Waals surface area contributed by atoms with Crippen LogP contribution < -0.4 is 4.72 Å². The smallest absolute Gasteiger partial charge is 0.337 e. The molecule has 88 valence electrons. The van der Waals surface area contributed by atoms with Crippen LogP contribution in [0, 0.1) is 5.82 Å².